The van der Waals surface area contributed by atoms with Crippen LogP contribution in [0.15, 0.2) is 0 Å². The number of aliphatic carboxylic acids is 1. The highest BCUT2D eigenvalue weighted by Crippen LogP contribution is 2.25. The van der Waals surface area contributed by atoms with E-state index in [9.17, 15) is 13.2 Å². The smallest absolute Gasteiger partial charge is 0.305 e. The van der Waals surface area contributed by atoms with Gasteiger partial charge in [-0.25, -0.2) is 0 Å². The second kappa shape index (κ2) is 7.04. The summed E-state index contributed by atoms with van der Waals surface area (Å²) in [6, 6.07) is -0.606. The molecule has 2 heterocycles. The standard InChI is InChI=1S/C13H24N2O5S/c1-2-11-3-5-14(6-4-11)21(18,19)15-7-8-20-10-12(15)9-13(16)17/h11-12H,2-10H2,1H3,(H,16,17). The van der Waals surface area contributed by atoms with Gasteiger partial charge in [0.2, 0.25) is 0 Å². The van der Waals surface area contributed by atoms with Crippen LogP contribution in [0.4, 0.5) is 0 Å². The molecule has 7 nitrogen and oxygen atoms in total. The number of hydrogen-bond acceptors (Lipinski definition) is 4. The topological polar surface area (TPSA) is 87.2 Å². The number of carbonyl (C=O) groups is 1. The molecule has 0 saturated carbocycles. The van der Waals surface area contributed by atoms with Gasteiger partial charge in [-0.15, -0.1) is 0 Å². The van der Waals surface area contributed by atoms with E-state index in [1.807, 2.05) is 0 Å². The Morgan fingerprint density at radius 3 is 2.52 bits per heavy atom. The van der Waals surface area contributed by atoms with Crippen LogP contribution in [0.5, 0.6) is 0 Å². The van der Waals surface area contributed by atoms with Crippen LogP contribution in [0, 0.1) is 5.92 Å². The van der Waals surface area contributed by atoms with Gasteiger partial charge in [0.25, 0.3) is 10.2 Å². The van der Waals surface area contributed by atoms with E-state index >= 15 is 0 Å². The summed E-state index contributed by atoms with van der Waals surface area (Å²) in [5.74, 6) is -0.411. The number of piperidine rings is 1. The van der Waals surface area contributed by atoms with Crippen molar-refractivity contribution in [3.8, 4) is 0 Å². The zero-order valence-corrected chi connectivity index (χ0v) is 13.2. The molecule has 2 rings (SSSR count). The van der Waals surface area contributed by atoms with Crippen molar-refractivity contribution >= 4 is 16.2 Å². The van der Waals surface area contributed by atoms with Crippen molar-refractivity contribution in [3.05, 3.63) is 0 Å². The molecule has 2 aliphatic heterocycles. The fourth-order valence-corrected chi connectivity index (χ4v) is 4.79. The molecule has 2 aliphatic rings. The zero-order valence-electron chi connectivity index (χ0n) is 12.4. The number of morpholine rings is 1. The van der Waals surface area contributed by atoms with E-state index in [2.05, 4.69) is 6.92 Å². The Balaban J connectivity index is 2.07. The summed E-state index contributed by atoms with van der Waals surface area (Å²) < 4.78 is 33.5. The van der Waals surface area contributed by atoms with Gasteiger partial charge in [-0.3, -0.25) is 4.79 Å². The monoisotopic (exact) mass is 320 g/mol. The summed E-state index contributed by atoms with van der Waals surface area (Å²) in [5.41, 5.74) is 0. The fraction of sp³-hybridized carbons (Fsp3) is 0.923. The molecule has 0 aromatic carbocycles. The molecule has 0 aromatic heterocycles. The number of hydrogen-bond donors (Lipinski definition) is 1. The number of carboxylic acid groups (broad SMARTS) is 1. The summed E-state index contributed by atoms with van der Waals surface area (Å²) in [4.78, 5) is 10.9. The first-order valence-electron chi connectivity index (χ1n) is 7.51. The first-order chi connectivity index (χ1) is 9.95. The summed E-state index contributed by atoms with van der Waals surface area (Å²) in [5, 5.41) is 8.94. The van der Waals surface area contributed by atoms with E-state index in [0.29, 0.717) is 25.6 Å². The maximum atomic E-state index is 12.7. The van der Waals surface area contributed by atoms with Crippen molar-refractivity contribution in [1.29, 1.82) is 0 Å². The molecule has 0 spiro atoms. The van der Waals surface area contributed by atoms with E-state index in [1.54, 1.807) is 0 Å². The normalized spacial score (nSPS) is 26.8. The minimum Gasteiger partial charge on any atom is -0.481 e. The molecule has 1 unspecified atom stereocenters. The van der Waals surface area contributed by atoms with E-state index in [4.69, 9.17) is 9.84 Å². The Morgan fingerprint density at radius 1 is 1.29 bits per heavy atom. The summed E-state index contributed by atoms with van der Waals surface area (Å²) in [6.45, 7) is 3.88. The van der Waals surface area contributed by atoms with Gasteiger partial charge in [0.1, 0.15) is 0 Å². The average molecular weight is 320 g/mol. The van der Waals surface area contributed by atoms with E-state index in [0.717, 1.165) is 19.3 Å². The average Bonchev–Trinajstić information content (AvgIpc) is 2.47. The van der Waals surface area contributed by atoms with Crippen LogP contribution in [0.25, 0.3) is 0 Å². The number of ether oxygens (including phenoxy) is 1. The number of carboxylic acids is 1. The van der Waals surface area contributed by atoms with Gasteiger partial charge in [0, 0.05) is 19.6 Å². The maximum Gasteiger partial charge on any atom is 0.305 e. The van der Waals surface area contributed by atoms with Crippen molar-refractivity contribution in [3.63, 3.8) is 0 Å². The van der Waals surface area contributed by atoms with Crippen molar-refractivity contribution in [2.24, 2.45) is 5.92 Å². The summed E-state index contributed by atoms with van der Waals surface area (Å²) in [6.07, 6.45) is 2.62. The second-order valence-corrected chi connectivity index (χ2v) is 7.58. The van der Waals surface area contributed by atoms with Crippen LogP contribution in [0.1, 0.15) is 32.6 Å². The molecule has 21 heavy (non-hydrogen) atoms. The molecule has 0 radical (unpaired) electrons. The maximum absolute atomic E-state index is 12.7. The molecular weight excluding hydrogens is 296 g/mol. The lowest BCUT2D eigenvalue weighted by Crippen LogP contribution is -2.55. The van der Waals surface area contributed by atoms with Gasteiger partial charge in [-0.1, -0.05) is 13.3 Å². The largest absolute Gasteiger partial charge is 0.481 e. The zero-order chi connectivity index (χ0) is 15.5. The summed E-state index contributed by atoms with van der Waals surface area (Å²) >= 11 is 0. The van der Waals surface area contributed by atoms with E-state index in [1.165, 1.54) is 8.61 Å². The molecule has 0 aliphatic carbocycles. The first-order valence-corrected chi connectivity index (χ1v) is 8.91. The van der Waals surface area contributed by atoms with Crippen LogP contribution in [-0.2, 0) is 19.7 Å². The van der Waals surface area contributed by atoms with Gasteiger partial charge in [-0.2, -0.15) is 17.0 Å². The third-order valence-corrected chi connectivity index (χ3v) is 6.45. The highest BCUT2D eigenvalue weighted by Gasteiger charge is 2.39. The Morgan fingerprint density at radius 2 is 1.95 bits per heavy atom. The Labute approximate surface area is 126 Å². The molecule has 8 heteroatoms. The Bertz CT molecular complexity index is 459. The molecule has 0 amide bonds. The second-order valence-electron chi connectivity index (χ2n) is 5.70. The van der Waals surface area contributed by atoms with Crippen molar-refractivity contribution in [2.75, 3.05) is 32.8 Å². The highest BCUT2D eigenvalue weighted by atomic mass is 32.2. The molecule has 0 aromatic rings. The Kier molecular flexibility index (Phi) is 5.59. The van der Waals surface area contributed by atoms with E-state index < -0.39 is 22.2 Å². The predicted molar refractivity (Wildman–Crippen MR) is 77.1 cm³/mol. The SMILES string of the molecule is CCC1CCN(S(=O)(=O)N2CCOCC2CC(=O)O)CC1. The van der Waals surface area contributed by atoms with Crippen LogP contribution < -0.4 is 0 Å². The van der Waals surface area contributed by atoms with Crippen molar-refractivity contribution in [1.82, 2.24) is 8.61 Å². The van der Waals surface area contributed by atoms with Gasteiger partial charge < -0.3 is 9.84 Å². The molecular formula is C13H24N2O5S. The third-order valence-electron chi connectivity index (χ3n) is 4.36. The van der Waals surface area contributed by atoms with Gasteiger partial charge >= 0.3 is 5.97 Å². The lowest BCUT2D eigenvalue weighted by atomic mass is 9.96. The van der Waals surface area contributed by atoms with Crippen LogP contribution in [0.2, 0.25) is 0 Å². The number of rotatable bonds is 5. The predicted octanol–water partition coefficient (Wildman–Crippen LogP) is 0.529. The minimum absolute atomic E-state index is 0.150. The molecule has 122 valence electrons. The van der Waals surface area contributed by atoms with E-state index in [-0.39, 0.29) is 19.6 Å². The van der Waals surface area contributed by atoms with Crippen LogP contribution in [0.3, 0.4) is 0 Å². The molecule has 2 saturated heterocycles. The fourth-order valence-electron chi connectivity index (χ4n) is 3.00. The molecule has 1 atom stereocenters. The molecule has 2 fully saturated rings. The number of nitrogens with zero attached hydrogens (tertiary/aromatic N) is 2. The lowest BCUT2D eigenvalue weighted by Gasteiger charge is -2.39. The molecule has 1 N–H and O–H groups in total. The highest BCUT2D eigenvalue weighted by molar-refractivity contribution is 7.86. The van der Waals surface area contributed by atoms with Crippen LogP contribution in [-0.4, -0.2) is 67.0 Å². The molecule has 0 bridgehead atoms. The van der Waals surface area contributed by atoms with Crippen LogP contribution >= 0.6 is 0 Å². The summed E-state index contributed by atoms with van der Waals surface area (Å²) in [7, 11) is -3.59. The van der Waals surface area contributed by atoms with Gasteiger partial charge in [0.05, 0.1) is 25.7 Å². The Hall–Kier alpha value is -0.700. The van der Waals surface area contributed by atoms with Gasteiger partial charge in [-0.05, 0) is 18.8 Å². The third kappa shape index (κ3) is 3.94. The first kappa shape index (κ1) is 16.7. The van der Waals surface area contributed by atoms with Crippen molar-refractivity contribution in [2.45, 2.75) is 38.6 Å². The minimum atomic E-state index is -3.59. The van der Waals surface area contributed by atoms with Crippen molar-refractivity contribution < 1.29 is 23.1 Å². The lowest BCUT2D eigenvalue weighted by molar-refractivity contribution is -0.139. The quantitative estimate of drug-likeness (QED) is 0.798. The van der Waals surface area contributed by atoms with Gasteiger partial charge in [0.15, 0.2) is 0 Å².